The van der Waals surface area contributed by atoms with E-state index in [2.05, 4.69) is 11.3 Å². The molecule has 4 aliphatic carbocycles. The zero-order valence-electron chi connectivity index (χ0n) is 14.1. The molecule has 148 valence electrons. The standard InChI is InChI=1S/C16H22F2O7S/c1-10(7-24-9-16(17,18)26(21,22)23)13(19)25-15-5-11-2-12(6-15)4-14(20,3-11)8-15/h11-12,20H,1-9H2,(H,21,22,23)/p-1. The van der Waals surface area contributed by atoms with Crippen molar-refractivity contribution < 1.29 is 41.1 Å². The number of aliphatic hydroxyl groups is 1. The minimum Gasteiger partial charge on any atom is -0.743 e. The third-order valence-electron chi connectivity index (χ3n) is 5.49. The van der Waals surface area contributed by atoms with Crippen molar-refractivity contribution in [3.8, 4) is 0 Å². The molecule has 4 rings (SSSR count). The average Bonchev–Trinajstić information content (AvgIpc) is 2.42. The highest BCUT2D eigenvalue weighted by atomic mass is 32.2. The topological polar surface area (TPSA) is 113 Å². The smallest absolute Gasteiger partial charge is 0.357 e. The molecule has 0 aromatic heterocycles. The Morgan fingerprint density at radius 2 is 1.85 bits per heavy atom. The first-order valence-corrected chi connectivity index (χ1v) is 9.79. The normalized spacial score (nSPS) is 36.2. The van der Waals surface area contributed by atoms with E-state index in [1.807, 2.05) is 0 Å². The van der Waals surface area contributed by atoms with Crippen molar-refractivity contribution in [3.63, 3.8) is 0 Å². The first-order chi connectivity index (χ1) is 11.8. The number of alkyl halides is 2. The van der Waals surface area contributed by atoms with E-state index in [1.54, 1.807) is 0 Å². The van der Waals surface area contributed by atoms with Crippen LogP contribution in [0.25, 0.3) is 0 Å². The van der Waals surface area contributed by atoms with Crippen LogP contribution in [-0.4, -0.2) is 53.7 Å². The van der Waals surface area contributed by atoms with E-state index in [0.717, 1.165) is 6.42 Å². The molecule has 2 unspecified atom stereocenters. The SMILES string of the molecule is C=C(COCC(F)(F)S(=O)(=O)[O-])C(=O)OC12CC3CC(CC(O)(C3)C1)C2. The zero-order chi connectivity index (χ0) is 19.4. The van der Waals surface area contributed by atoms with Crippen molar-refractivity contribution in [2.75, 3.05) is 13.2 Å². The van der Waals surface area contributed by atoms with Crippen LogP contribution in [0.3, 0.4) is 0 Å². The first-order valence-electron chi connectivity index (χ1n) is 8.38. The molecule has 0 heterocycles. The summed E-state index contributed by atoms with van der Waals surface area (Å²) in [5.41, 5.74) is -1.86. The van der Waals surface area contributed by atoms with Crippen molar-refractivity contribution in [1.82, 2.24) is 0 Å². The lowest BCUT2D eigenvalue weighted by Gasteiger charge is -2.59. The number of hydrogen-bond acceptors (Lipinski definition) is 7. The van der Waals surface area contributed by atoms with Gasteiger partial charge in [-0.2, -0.15) is 8.78 Å². The Labute approximate surface area is 150 Å². The van der Waals surface area contributed by atoms with E-state index in [9.17, 15) is 31.7 Å². The van der Waals surface area contributed by atoms with Crippen LogP contribution in [0.2, 0.25) is 0 Å². The minimum absolute atomic E-state index is 0.258. The molecule has 4 bridgehead atoms. The van der Waals surface area contributed by atoms with Gasteiger partial charge in [0.2, 0.25) is 0 Å². The van der Waals surface area contributed by atoms with E-state index >= 15 is 0 Å². The van der Waals surface area contributed by atoms with Gasteiger partial charge in [-0.15, -0.1) is 0 Å². The molecule has 0 aromatic rings. The largest absolute Gasteiger partial charge is 0.743 e. The van der Waals surface area contributed by atoms with Gasteiger partial charge in [0.15, 0.2) is 10.1 Å². The van der Waals surface area contributed by atoms with Crippen LogP contribution in [0.1, 0.15) is 38.5 Å². The summed E-state index contributed by atoms with van der Waals surface area (Å²) in [7, 11) is -5.85. The average molecular weight is 395 g/mol. The molecule has 4 aliphatic rings. The van der Waals surface area contributed by atoms with E-state index in [0.29, 0.717) is 43.9 Å². The number of esters is 1. The molecule has 2 atom stereocenters. The lowest BCUT2D eigenvalue weighted by molar-refractivity contribution is -0.217. The van der Waals surface area contributed by atoms with Crippen LogP contribution in [0.15, 0.2) is 12.2 Å². The fourth-order valence-corrected chi connectivity index (χ4v) is 5.17. The zero-order valence-corrected chi connectivity index (χ0v) is 14.9. The molecule has 0 saturated heterocycles. The Morgan fingerprint density at radius 1 is 1.27 bits per heavy atom. The number of carbonyl (C=O) groups excluding carboxylic acids is 1. The first kappa shape index (κ1) is 19.7. The number of rotatable bonds is 7. The summed E-state index contributed by atoms with van der Waals surface area (Å²) in [6, 6.07) is 0. The minimum atomic E-state index is -5.85. The fraction of sp³-hybridized carbons (Fsp3) is 0.812. The molecule has 4 fully saturated rings. The van der Waals surface area contributed by atoms with Gasteiger partial charge in [0.25, 0.3) is 0 Å². The van der Waals surface area contributed by atoms with Crippen molar-refractivity contribution in [2.45, 2.75) is 55.0 Å². The van der Waals surface area contributed by atoms with Crippen molar-refractivity contribution in [1.29, 1.82) is 0 Å². The summed E-state index contributed by atoms with van der Waals surface area (Å²) in [4.78, 5) is 12.2. The quantitative estimate of drug-likeness (QED) is 0.393. The molecule has 7 nitrogen and oxygen atoms in total. The summed E-state index contributed by atoms with van der Waals surface area (Å²) < 4.78 is 67.2. The number of carbonyl (C=O) groups is 1. The van der Waals surface area contributed by atoms with Gasteiger partial charge in [0.05, 0.1) is 17.8 Å². The van der Waals surface area contributed by atoms with Crippen LogP contribution in [-0.2, 0) is 24.4 Å². The third kappa shape index (κ3) is 3.78. The molecule has 0 amide bonds. The molecule has 1 N–H and O–H groups in total. The highest BCUT2D eigenvalue weighted by Gasteiger charge is 2.59. The van der Waals surface area contributed by atoms with Crippen LogP contribution >= 0.6 is 0 Å². The highest BCUT2D eigenvalue weighted by Crippen LogP contribution is 2.58. The second-order valence-electron chi connectivity index (χ2n) is 7.95. The lowest BCUT2D eigenvalue weighted by atomic mass is 9.52. The van der Waals surface area contributed by atoms with Gasteiger partial charge in [-0.25, -0.2) is 13.2 Å². The Morgan fingerprint density at radius 3 is 2.35 bits per heavy atom. The predicted octanol–water partition coefficient (Wildman–Crippen LogP) is 1.32. The number of hydrogen-bond donors (Lipinski definition) is 1. The summed E-state index contributed by atoms with van der Waals surface area (Å²) >= 11 is 0. The molecule has 0 radical (unpaired) electrons. The lowest BCUT2D eigenvalue weighted by Crippen LogP contribution is -2.60. The fourth-order valence-electron chi connectivity index (χ4n) is 4.94. The maximum atomic E-state index is 13.0. The Kier molecular flexibility index (Phi) is 4.70. The van der Waals surface area contributed by atoms with Crippen LogP contribution in [0.4, 0.5) is 8.78 Å². The summed E-state index contributed by atoms with van der Waals surface area (Å²) in [5.74, 6) is -0.247. The van der Waals surface area contributed by atoms with Crippen LogP contribution in [0.5, 0.6) is 0 Å². The maximum absolute atomic E-state index is 13.0. The molecule has 4 saturated carbocycles. The molecule has 10 heteroatoms. The van der Waals surface area contributed by atoms with Gasteiger partial charge >= 0.3 is 11.2 Å². The Hall–Kier alpha value is -1.10. The van der Waals surface area contributed by atoms with Crippen molar-refractivity contribution in [3.05, 3.63) is 12.2 Å². The predicted molar refractivity (Wildman–Crippen MR) is 83.1 cm³/mol. The molecular weight excluding hydrogens is 374 g/mol. The third-order valence-corrected chi connectivity index (χ3v) is 6.34. The highest BCUT2D eigenvalue weighted by molar-refractivity contribution is 7.86. The molecule has 0 spiro atoms. The molecule has 0 aromatic carbocycles. The summed E-state index contributed by atoms with van der Waals surface area (Å²) in [5, 5.41) is 6.04. The Bertz CT molecular complexity index is 704. The second kappa shape index (κ2) is 6.22. The maximum Gasteiger partial charge on any atom is 0.357 e. The van der Waals surface area contributed by atoms with E-state index in [1.165, 1.54) is 0 Å². The number of halogens is 2. The van der Waals surface area contributed by atoms with Gasteiger partial charge < -0.3 is 19.1 Å². The Balaban J connectivity index is 1.55. The summed E-state index contributed by atoms with van der Waals surface area (Å²) in [6.45, 7) is 1.07. The van der Waals surface area contributed by atoms with E-state index < -0.39 is 45.8 Å². The van der Waals surface area contributed by atoms with Crippen molar-refractivity contribution >= 4 is 16.1 Å². The van der Waals surface area contributed by atoms with Gasteiger partial charge in [-0.3, -0.25) is 0 Å². The molecule has 0 aliphatic heterocycles. The monoisotopic (exact) mass is 395 g/mol. The molecular formula is C16H21F2O7S-. The van der Waals surface area contributed by atoms with Gasteiger partial charge in [0.1, 0.15) is 12.2 Å². The van der Waals surface area contributed by atoms with E-state index in [4.69, 9.17) is 4.74 Å². The van der Waals surface area contributed by atoms with Gasteiger partial charge in [-0.05, 0) is 43.9 Å². The second-order valence-corrected chi connectivity index (χ2v) is 9.45. The summed E-state index contributed by atoms with van der Waals surface area (Å²) in [6.07, 6.45) is 4.05. The van der Waals surface area contributed by atoms with Crippen LogP contribution in [0, 0.1) is 11.8 Å². The van der Waals surface area contributed by atoms with Crippen molar-refractivity contribution in [2.24, 2.45) is 11.8 Å². The number of ether oxygens (including phenoxy) is 2. The van der Waals surface area contributed by atoms with Gasteiger partial charge in [0, 0.05) is 6.42 Å². The van der Waals surface area contributed by atoms with Crippen LogP contribution < -0.4 is 0 Å². The van der Waals surface area contributed by atoms with E-state index in [-0.39, 0.29) is 5.57 Å². The van der Waals surface area contributed by atoms with Gasteiger partial charge in [-0.1, -0.05) is 6.58 Å². The molecule has 26 heavy (non-hydrogen) atoms.